The van der Waals surface area contributed by atoms with E-state index in [1.165, 1.54) is 11.8 Å². The third-order valence-electron chi connectivity index (χ3n) is 5.00. The van der Waals surface area contributed by atoms with E-state index in [1.54, 1.807) is 16.7 Å². The first kappa shape index (κ1) is 20.1. The molecule has 3 aliphatic rings. The second-order valence-electron chi connectivity index (χ2n) is 7.10. The normalized spacial score (nSPS) is 24.9. The Labute approximate surface area is 179 Å². The van der Waals surface area contributed by atoms with Crippen LogP contribution in [0.5, 0.6) is 0 Å². The lowest BCUT2D eigenvalue weighted by atomic mass is 10.1. The minimum atomic E-state index is -0.180. The summed E-state index contributed by atoms with van der Waals surface area (Å²) in [6.45, 7) is 1.23. The summed E-state index contributed by atoms with van der Waals surface area (Å²) in [7, 11) is 0. The highest BCUT2D eigenvalue weighted by Crippen LogP contribution is 2.33. The molecule has 2 atom stereocenters. The lowest BCUT2D eigenvalue weighted by molar-refractivity contribution is -0.434. The lowest BCUT2D eigenvalue weighted by Gasteiger charge is -2.21. The van der Waals surface area contributed by atoms with Gasteiger partial charge < -0.3 is 10.1 Å². The van der Waals surface area contributed by atoms with Gasteiger partial charge in [0, 0.05) is 24.3 Å². The Morgan fingerprint density at radius 3 is 2.90 bits per heavy atom. The Hall–Kier alpha value is -2.15. The molecule has 0 aromatic heterocycles. The molecule has 2 aliphatic heterocycles. The quantitative estimate of drug-likeness (QED) is 0.577. The summed E-state index contributed by atoms with van der Waals surface area (Å²) in [5.41, 5.74) is 1.73. The molecule has 150 valence electrons. The van der Waals surface area contributed by atoms with Gasteiger partial charge in [-0.3, -0.25) is 4.79 Å². The van der Waals surface area contributed by atoms with Gasteiger partial charge in [0.25, 0.3) is 5.91 Å². The van der Waals surface area contributed by atoms with Gasteiger partial charge in [0.1, 0.15) is 10.2 Å². The number of nitrogens with zero attached hydrogens (tertiary/aromatic N) is 1. The maximum absolute atomic E-state index is 13.2. The summed E-state index contributed by atoms with van der Waals surface area (Å²) in [5, 5.41) is 3.55. The molecule has 1 aromatic carbocycles. The van der Waals surface area contributed by atoms with Gasteiger partial charge in [0.2, 0.25) is 12.3 Å². The number of carbonyl (C=O) groups is 2. The number of allylic oxidation sites excluding steroid dienone is 3. The molecule has 5 nitrogen and oxygen atoms in total. The fourth-order valence-corrected chi connectivity index (χ4v) is 4.81. The Balaban J connectivity index is 1.54. The van der Waals surface area contributed by atoms with Crippen molar-refractivity contribution in [3.63, 3.8) is 0 Å². The van der Waals surface area contributed by atoms with Crippen LogP contribution in [0.15, 0.2) is 53.5 Å². The minimum Gasteiger partial charge on any atom is -0.376 e. The summed E-state index contributed by atoms with van der Waals surface area (Å²) in [6.07, 6.45) is 11.7. The molecule has 0 bridgehead atoms. The van der Waals surface area contributed by atoms with Crippen molar-refractivity contribution in [3.05, 3.63) is 64.1 Å². The van der Waals surface area contributed by atoms with Crippen LogP contribution in [0.2, 0.25) is 5.02 Å². The van der Waals surface area contributed by atoms with Crippen molar-refractivity contribution < 1.29 is 18.9 Å². The van der Waals surface area contributed by atoms with E-state index in [0.717, 1.165) is 30.7 Å². The van der Waals surface area contributed by atoms with Crippen LogP contribution in [-0.2, 0) is 14.3 Å². The average Bonchev–Trinajstić information content (AvgIpc) is 3.25. The second-order valence-corrected chi connectivity index (χ2v) is 8.72. The maximum Gasteiger partial charge on any atom is 0.426 e. The number of benzene rings is 1. The van der Waals surface area contributed by atoms with E-state index in [9.17, 15) is 9.59 Å². The number of carbonyl (C=O) groups excluding carboxylic acids is 2. The molecule has 1 fully saturated rings. The van der Waals surface area contributed by atoms with Gasteiger partial charge in [-0.2, -0.15) is 0 Å². The maximum atomic E-state index is 13.2. The molecule has 0 saturated carbocycles. The number of thioether (sulfide) groups is 1. The molecule has 1 aromatic rings. The summed E-state index contributed by atoms with van der Waals surface area (Å²) in [6, 6.07) is 7.33. The van der Waals surface area contributed by atoms with Gasteiger partial charge in [-0.1, -0.05) is 53.7 Å². The zero-order valence-electron chi connectivity index (χ0n) is 15.8. The highest BCUT2D eigenvalue weighted by molar-refractivity contribution is 8.05. The first-order chi connectivity index (χ1) is 14.1. The molecule has 2 heterocycles. The van der Waals surface area contributed by atoms with Crippen molar-refractivity contribution >= 4 is 47.0 Å². The monoisotopic (exact) mass is 429 g/mol. The van der Waals surface area contributed by atoms with Crippen LogP contribution in [0, 0.1) is 0 Å². The summed E-state index contributed by atoms with van der Waals surface area (Å²) < 4.78 is 7.13. The fraction of sp³-hybridized carbons (Fsp3) is 0.318. The Kier molecular flexibility index (Phi) is 6.33. The van der Waals surface area contributed by atoms with Crippen molar-refractivity contribution in [2.24, 2.45) is 0 Å². The van der Waals surface area contributed by atoms with Crippen molar-refractivity contribution in [3.8, 4) is 0 Å². The first-order valence-electron chi connectivity index (χ1n) is 9.66. The van der Waals surface area contributed by atoms with E-state index in [1.807, 2.05) is 42.5 Å². The van der Waals surface area contributed by atoms with Crippen LogP contribution < -0.4 is 5.32 Å². The van der Waals surface area contributed by atoms with Crippen LogP contribution in [-0.4, -0.2) is 53.2 Å². The van der Waals surface area contributed by atoms with Crippen LogP contribution in [0.1, 0.15) is 18.4 Å². The van der Waals surface area contributed by atoms with E-state index in [4.69, 9.17) is 16.3 Å². The predicted molar refractivity (Wildman–Crippen MR) is 116 cm³/mol. The topological polar surface area (TPSA) is 58.4 Å². The van der Waals surface area contributed by atoms with E-state index in [2.05, 4.69) is 5.32 Å². The van der Waals surface area contributed by atoms with E-state index >= 15 is 0 Å². The highest BCUT2D eigenvalue weighted by atomic mass is 35.5. The number of rotatable bonds is 5. The number of fused-ring (bicyclic) bond motifs is 1. The fourth-order valence-electron chi connectivity index (χ4n) is 3.50. The molecule has 1 saturated heterocycles. The third kappa shape index (κ3) is 4.89. The molecule has 4 rings (SSSR count). The molecule has 0 radical (unpaired) electrons. The van der Waals surface area contributed by atoms with Crippen LogP contribution >= 0.6 is 23.4 Å². The Morgan fingerprint density at radius 2 is 2.14 bits per heavy atom. The Morgan fingerprint density at radius 1 is 1.31 bits per heavy atom. The van der Waals surface area contributed by atoms with Crippen LogP contribution in [0.4, 0.5) is 0 Å². The molecular weight excluding hydrogens is 408 g/mol. The van der Waals surface area contributed by atoms with Gasteiger partial charge >= 0.3 is 5.91 Å². The number of hydrogen-bond donors (Lipinski definition) is 1. The summed E-state index contributed by atoms with van der Waals surface area (Å²) >= 11 is 7.45. The number of hydrogen-bond acceptors (Lipinski definition) is 4. The standard InChI is InChI=1S/C22H21ClN2O3S/c23-16-9-7-15(8-10-16)12-20-22(27)25(18-5-1-2-6-19(18)29-20)14-21(26)24-13-17-4-3-11-28-17/h1-2,5-10,12,17,19H,3-4,11,13-14H2/p+1/b20-12+. The molecule has 1 aliphatic carbocycles. The Bertz CT molecular complexity index is 928. The number of nitrogens with one attached hydrogen (secondary N) is 1. The smallest absolute Gasteiger partial charge is 0.376 e. The number of ether oxygens (including phenoxy) is 1. The zero-order chi connectivity index (χ0) is 20.2. The van der Waals surface area contributed by atoms with Crippen molar-refractivity contribution in [1.29, 1.82) is 0 Å². The molecule has 1 N–H and O–H groups in total. The number of amides is 2. The first-order valence-corrected chi connectivity index (χ1v) is 10.9. The van der Waals surface area contributed by atoms with Crippen molar-refractivity contribution in [2.45, 2.75) is 24.2 Å². The summed E-state index contributed by atoms with van der Waals surface area (Å²) in [4.78, 5) is 26.3. The van der Waals surface area contributed by atoms with E-state index < -0.39 is 0 Å². The van der Waals surface area contributed by atoms with E-state index in [-0.39, 0.29) is 29.7 Å². The number of halogens is 1. The zero-order valence-corrected chi connectivity index (χ0v) is 17.4. The molecule has 7 heteroatoms. The van der Waals surface area contributed by atoms with Gasteiger partial charge in [-0.15, -0.1) is 4.58 Å². The van der Waals surface area contributed by atoms with Gasteiger partial charge in [0.15, 0.2) is 0 Å². The summed E-state index contributed by atoms with van der Waals surface area (Å²) in [5.74, 6) is -0.343. The lowest BCUT2D eigenvalue weighted by Crippen LogP contribution is -2.44. The average molecular weight is 430 g/mol. The minimum absolute atomic E-state index is 0.00205. The largest absolute Gasteiger partial charge is 0.426 e. The third-order valence-corrected chi connectivity index (χ3v) is 6.45. The van der Waals surface area contributed by atoms with Crippen molar-refractivity contribution in [2.75, 3.05) is 19.7 Å². The van der Waals surface area contributed by atoms with Gasteiger partial charge in [-0.05, 0) is 36.6 Å². The van der Waals surface area contributed by atoms with E-state index in [0.29, 0.717) is 16.5 Å². The highest BCUT2D eigenvalue weighted by Gasteiger charge is 2.39. The predicted octanol–water partition coefficient (Wildman–Crippen LogP) is 3.20. The molecule has 0 spiro atoms. The van der Waals surface area contributed by atoms with Crippen LogP contribution in [0.3, 0.4) is 0 Å². The van der Waals surface area contributed by atoms with Gasteiger partial charge in [-0.25, -0.2) is 4.79 Å². The van der Waals surface area contributed by atoms with Crippen LogP contribution in [0.25, 0.3) is 6.08 Å². The SMILES string of the molecule is O=C(C[N+]1=C2C=CC=CC2S/C(=C/c2ccc(Cl)cc2)C1=O)NCC1CCCO1. The van der Waals surface area contributed by atoms with Gasteiger partial charge in [0.05, 0.1) is 6.10 Å². The molecule has 29 heavy (non-hydrogen) atoms. The molecular formula is C22H22ClN2O3S+. The molecule has 2 amide bonds. The molecule has 2 unspecified atom stereocenters. The van der Waals surface area contributed by atoms with Crippen molar-refractivity contribution in [1.82, 2.24) is 5.32 Å². The second kappa shape index (κ2) is 9.11.